The highest BCUT2D eigenvalue weighted by Gasteiger charge is 2.53. The van der Waals surface area contributed by atoms with Crippen LogP contribution in [0, 0.1) is 17.8 Å². The van der Waals surface area contributed by atoms with Crippen molar-refractivity contribution < 1.29 is 4.74 Å². The van der Waals surface area contributed by atoms with Crippen molar-refractivity contribution in [3.8, 4) is 5.88 Å². The third kappa shape index (κ3) is 1.68. The van der Waals surface area contributed by atoms with Crippen LogP contribution in [0.2, 0.25) is 0 Å². The van der Waals surface area contributed by atoms with E-state index in [1.54, 1.807) is 7.11 Å². The molecule has 21 heavy (non-hydrogen) atoms. The van der Waals surface area contributed by atoms with Gasteiger partial charge in [-0.1, -0.05) is 0 Å². The Hall–Kier alpha value is -1.58. The van der Waals surface area contributed by atoms with Gasteiger partial charge in [0.1, 0.15) is 5.82 Å². The number of hydrogen-bond acceptors (Lipinski definition) is 3. The molecular formula is C17H21N3O. The fourth-order valence-electron chi connectivity index (χ4n) is 5.64. The second-order valence-corrected chi connectivity index (χ2v) is 7.51. The number of pyridine rings is 1. The summed E-state index contributed by atoms with van der Waals surface area (Å²) in [6, 6.07) is 3.95. The van der Waals surface area contributed by atoms with Crippen LogP contribution in [0.25, 0.3) is 11.2 Å². The average molecular weight is 283 g/mol. The van der Waals surface area contributed by atoms with E-state index in [9.17, 15) is 0 Å². The van der Waals surface area contributed by atoms with Gasteiger partial charge in [-0.25, -0.2) is 4.98 Å². The number of H-pyrrole nitrogens is 1. The summed E-state index contributed by atoms with van der Waals surface area (Å²) in [4.78, 5) is 12.9. The van der Waals surface area contributed by atoms with Crippen LogP contribution in [-0.2, 0) is 5.41 Å². The Kier molecular flexibility index (Phi) is 2.28. The second-order valence-electron chi connectivity index (χ2n) is 7.51. The molecule has 0 saturated heterocycles. The summed E-state index contributed by atoms with van der Waals surface area (Å²) in [6.45, 7) is 0. The monoisotopic (exact) mass is 283 g/mol. The van der Waals surface area contributed by atoms with Crippen molar-refractivity contribution in [1.82, 2.24) is 15.0 Å². The van der Waals surface area contributed by atoms with Crippen LogP contribution >= 0.6 is 0 Å². The Morgan fingerprint density at radius 2 is 1.71 bits per heavy atom. The predicted molar refractivity (Wildman–Crippen MR) is 80.3 cm³/mol. The van der Waals surface area contributed by atoms with Crippen molar-refractivity contribution in [2.45, 2.75) is 43.9 Å². The number of ether oxygens (including phenoxy) is 1. The van der Waals surface area contributed by atoms with Crippen LogP contribution in [0.5, 0.6) is 5.88 Å². The number of aromatic amines is 1. The molecule has 0 radical (unpaired) electrons. The molecule has 4 nitrogen and oxygen atoms in total. The number of fused-ring (bicyclic) bond motifs is 1. The maximum Gasteiger partial charge on any atom is 0.215 e. The fourth-order valence-corrected chi connectivity index (χ4v) is 5.64. The fraction of sp³-hybridized carbons (Fsp3) is 0.647. The van der Waals surface area contributed by atoms with Crippen molar-refractivity contribution >= 4 is 11.2 Å². The molecule has 0 aliphatic heterocycles. The van der Waals surface area contributed by atoms with Crippen molar-refractivity contribution in [2.75, 3.05) is 7.11 Å². The van der Waals surface area contributed by atoms with Crippen LogP contribution in [0.3, 0.4) is 0 Å². The van der Waals surface area contributed by atoms with Gasteiger partial charge in [-0.3, -0.25) is 0 Å². The molecule has 4 fully saturated rings. The van der Waals surface area contributed by atoms with Crippen LogP contribution in [0.4, 0.5) is 0 Å². The lowest BCUT2D eigenvalue weighted by atomic mass is 9.49. The lowest BCUT2D eigenvalue weighted by molar-refractivity contribution is -0.00888. The first kappa shape index (κ1) is 12.0. The van der Waals surface area contributed by atoms with Gasteiger partial charge in [0.25, 0.3) is 0 Å². The quantitative estimate of drug-likeness (QED) is 0.918. The molecule has 2 aromatic heterocycles. The van der Waals surface area contributed by atoms with E-state index < -0.39 is 0 Å². The third-order valence-corrected chi connectivity index (χ3v) is 6.07. The number of aromatic nitrogens is 3. The van der Waals surface area contributed by atoms with Gasteiger partial charge < -0.3 is 9.72 Å². The molecule has 2 heterocycles. The molecule has 4 aliphatic carbocycles. The number of hydrogen-bond donors (Lipinski definition) is 1. The van der Waals surface area contributed by atoms with Gasteiger partial charge in [-0.15, -0.1) is 0 Å². The van der Waals surface area contributed by atoms with E-state index in [-0.39, 0.29) is 0 Å². The number of imidazole rings is 1. The molecule has 6 rings (SSSR count). The first-order chi connectivity index (χ1) is 10.2. The number of nitrogens with zero attached hydrogens (tertiary/aromatic N) is 2. The zero-order chi connectivity index (χ0) is 14.0. The number of rotatable bonds is 2. The SMILES string of the molecule is COc1ccc2[nH]c(C34CC5CC(CC(C5)C3)C4)nc2n1. The highest BCUT2D eigenvalue weighted by atomic mass is 16.5. The predicted octanol–water partition coefficient (Wildman–Crippen LogP) is 3.43. The van der Waals surface area contributed by atoms with Crippen molar-refractivity contribution in [3.63, 3.8) is 0 Å². The maximum absolute atomic E-state index is 5.22. The summed E-state index contributed by atoms with van der Waals surface area (Å²) >= 11 is 0. The topological polar surface area (TPSA) is 50.8 Å². The van der Waals surface area contributed by atoms with Gasteiger partial charge in [-0.05, 0) is 62.3 Å². The highest BCUT2D eigenvalue weighted by molar-refractivity contribution is 5.71. The van der Waals surface area contributed by atoms with Gasteiger partial charge in [0, 0.05) is 11.5 Å². The summed E-state index contributed by atoms with van der Waals surface area (Å²) < 4.78 is 5.22. The summed E-state index contributed by atoms with van der Waals surface area (Å²) in [5.41, 5.74) is 2.16. The van der Waals surface area contributed by atoms with E-state index in [0.717, 1.165) is 28.9 Å². The first-order valence-electron chi connectivity index (χ1n) is 8.15. The van der Waals surface area contributed by atoms with Gasteiger partial charge in [0.05, 0.1) is 12.6 Å². The summed E-state index contributed by atoms with van der Waals surface area (Å²) in [5, 5.41) is 0. The Morgan fingerprint density at radius 1 is 1.05 bits per heavy atom. The number of methoxy groups -OCH3 is 1. The molecule has 4 bridgehead atoms. The molecule has 0 spiro atoms. The molecule has 4 aliphatic rings. The van der Waals surface area contributed by atoms with E-state index >= 15 is 0 Å². The first-order valence-corrected chi connectivity index (χ1v) is 8.15. The lowest BCUT2D eigenvalue weighted by Crippen LogP contribution is -2.49. The second kappa shape index (κ2) is 3.99. The van der Waals surface area contributed by atoms with Crippen LogP contribution < -0.4 is 4.74 Å². The third-order valence-electron chi connectivity index (χ3n) is 6.07. The summed E-state index contributed by atoms with van der Waals surface area (Å²) in [6.07, 6.45) is 8.38. The minimum Gasteiger partial charge on any atom is -0.481 e. The van der Waals surface area contributed by atoms with Crippen LogP contribution in [0.1, 0.15) is 44.3 Å². The van der Waals surface area contributed by atoms with Crippen molar-refractivity contribution in [1.29, 1.82) is 0 Å². The molecule has 0 atom stereocenters. The highest BCUT2D eigenvalue weighted by Crippen LogP contribution is 2.60. The Morgan fingerprint density at radius 3 is 2.33 bits per heavy atom. The van der Waals surface area contributed by atoms with E-state index in [2.05, 4.69) is 9.97 Å². The van der Waals surface area contributed by atoms with Gasteiger partial charge in [0.15, 0.2) is 5.65 Å². The standard InChI is InChI=1S/C17H21N3O/c1-21-14-3-2-13-15(19-14)20-16(18-13)17-7-10-4-11(8-17)6-12(5-10)9-17/h2-3,10-12H,4-9H2,1H3,(H,18,19,20). The Bertz CT molecular complexity index is 670. The normalized spacial score (nSPS) is 37.3. The van der Waals surface area contributed by atoms with E-state index in [1.165, 1.54) is 44.3 Å². The minimum atomic E-state index is 0.308. The molecule has 0 unspecified atom stereocenters. The zero-order valence-corrected chi connectivity index (χ0v) is 12.4. The molecule has 2 aromatic rings. The largest absolute Gasteiger partial charge is 0.481 e. The summed E-state index contributed by atoms with van der Waals surface area (Å²) in [5.74, 6) is 4.65. The molecule has 1 N–H and O–H groups in total. The number of nitrogens with one attached hydrogen (secondary N) is 1. The molecule has 0 aromatic carbocycles. The molecular weight excluding hydrogens is 262 g/mol. The van der Waals surface area contributed by atoms with E-state index in [1.807, 2.05) is 12.1 Å². The summed E-state index contributed by atoms with van der Waals surface area (Å²) in [7, 11) is 1.65. The van der Waals surface area contributed by atoms with Crippen molar-refractivity contribution in [3.05, 3.63) is 18.0 Å². The Balaban J connectivity index is 1.60. The molecule has 0 amide bonds. The van der Waals surface area contributed by atoms with Gasteiger partial charge in [-0.2, -0.15) is 4.98 Å². The maximum atomic E-state index is 5.22. The molecule has 4 heteroatoms. The molecule has 110 valence electrons. The van der Waals surface area contributed by atoms with E-state index in [0.29, 0.717) is 11.3 Å². The molecule has 4 saturated carbocycles. The minimum absolute atomic E-state index is 0.308. The lowest BCUT2D eigenvalue weighted by Gasteiger charge is -2.55. The van der Waals surface area contributed by atoms with Gasteiger partial charge in [0.2, 0.25) is 5.88 Å². The smallest absolute Gasteiger partial charge is 0.215 e. The zero-order valence-electron chi connectivity index (χ0n) is 12.4. The van der Waals surface area contributed by atoms with E-state index in [4.69, 9.17) is 9.72 Å². The van der Waals surface area contributed by atoms with Crippen LogP contribution in [0.15, 0.2) is 12.1 Å². The Labute approximate surface area is 124 Å². The van der Waals surface area contributed by atoms with Gasteiger partial charge >= 0.3 is 0 Å². The van der Waals surface area contributed by atoms with Crippen molar-refractivity contribution in [2.24, 2.45) is 17.8 Å². The average Bonchev–Trinajstić information content (AvgIpc) is 2.89. The van der Waals surface area contributed by atoms with Crippen LogP contribution in [-0.4, -0.2) is 22.1 Å².